The number of aryl methyl sites for hydroxylation is 2. The van der Waals surface area contributed by atoms with Crippen LogP contribution in [0.2, 0.25) is 0 Å². The van der Waals surface area contributed by atoms with Crippen LogP contribution in [0.25, 0.3) is 10.9 Å². The van der Waals surface area contributed by atoms with E-state index in [2.05, 4.69) is 23.8 Å². The minimum absolute atomic E-state index is 0.0648. The summed E-state index contributed by atoms with van der Waals surface area (Å²) >= 11 is 0. The molecule has 0 spiro atoms. The third kappa shape index (κ3) is 2.09. The fourth-order valence-corrected chi connectivity index (χ4v) is 1.87. The van der Waals surface area contributed by atoms with Gasteiger partial charge in [-0.25, -0.2) is 0 Å². The van der Waals surface area contributed by atoms with Gasteiger partial charge in [0.2, 0.25) is 0 Å². The molecular formula is C14H16N2O. The number of nitrogens with one attached hydrogen (secondary N) is 2. The van der Waals surface area contributed by atoms with Crippen LogP contribution in [0.1, 0.15) is 21.6 Å². The van der Waals surface area contributed by atoms with Crippen molar-refractivity contribution < 1.29 is 4.79 Å². The van der Waals surface area contributed by atoms with E-state index in [4.69, 9.17) is 0 Å². The molecule has 2 aromatic rings. The zero-order chi connectivity index (χ0) is 12.4. The Labute approximate surface area is 101 Å². The lowest BCUT2D eigenvalue weighted by Crippen LogP contribution is -2.22. The first-order valence-electron chi connectivity index (χ1n) is 5.61. The zero-order valence-corrected chi connectivity index (χ0v) is 10.1. The summed E-state index contributed by atoms with van der Waals surface area (Å²) in [5, 5.41) is 3.88. The van der Waals surface area contributed by atoms with E-state index in [1.54, 1.807) is 6.08 Å². The average Bonchev–Trinajstić information content (AvgIpc) is 2.62. The van der Waals surface area contributed by atoms with Crippen LogP contribution in [0.5, 0.6) is 0 Å². The number of aromatic nitrogens is 1. The molecular weight excluding hydrogens is 212 g/mol. The second-order valence-electron chi connectivity index (χ2n) is 4.13. The van der Waals surface area contributed by atoms with Crippen LogP contribution in [0.3, 0.4) is 0 Å². The van der Waals surface area contributed by atoms with E-state index in [1.807, 2.05) is 25.1 Å². The lowest BCUT2D eigenvalue weighted by molar-refractivity contribution is 0.0958. The number of H-pyrrole nitrogens is 1. The van der Waals surface area contributed by atoms with Gasteiger partial charge in [-0.05, 0) is 37.6 Å². The predicted molar refractivity (Wildman–Crippen MR) is 70.3 cm³/mol. The SMILES string of the molecule is C=CCNC(=O)c1ccc2[nH]c(C)c(C)c2c1. The van der Waals surface area contributed by atoms with Gasteiger partial charge in [-0.3, -0.25) is 4.79 Å². The summed E-state index contributed by atoms with van der Waals surface area (Å²) in [5.74, 6) is -0.0648. The molecule has 0 radical (unpaired) electrons. The molecule has 0 atom stereocenters. The number of hydrogen-bond acceptors (Lipinski definition) is 1. The smallest absolute Gasteiger partial charge is 0.251 e. The van der Waals surface area contributed by atoms with Crippen LogP contribution in [-0.2, 0) is 0 Å². The second-order valence-corrected chi connectivity index (χ2v) is 4.13. The van der Waals surface area contributed by atoms with Crippen molar-refractivity contribution >= 4 is 16.8 Å². The van der Waals surface area contributed by atoms with Crippen molar-refractivity contribution in [3.05, 3.63) is 47.7 Å². The van der Waals surface area contributed by atoms with Gasteiger partial charge in [0.15, 0.2) is 0 Å². The lowest BCUT2D eigenvalue weighted by Gasteiger charge is -2.02. The maximum absolute atomic E-state index is 11.8. The molecule has 1 heterocycles. The van der Waals surface area contributed by atoms with Crippen LogP contribution in [-0.4, -0.2) is 17.4 Å². The highest BCUT2D eigenvalue weighted by Gasteiger charge is 2.08. The topological polar surface area (TPSA) is 44.9 Å². The fourth-order valence-electron chi connectivity index (χ4n) is 1.87. The Bertz CT molecular complexity index is 581. The van der Waals surface area contributed by atoms with Crippen LogP contribution in [0.15, 0.2) is 30.9 Å². The third-order valence-corrected chi connectivity index (χ3v) is 2.98. The number of carbonyl (C=O) groups excluding carboxylic acids is 1. The minimum Gasteiger partial charge on any atom is -0.358 e. The molecule has 0 fully saturated rings. The predicted octanol–water partition coefficient (Wildman–Crippen LogP) is 2.70. The van der Waals surface area contributed by atoms with E-state index in [9.17, 15) is 4.79 Å². The first kappa shape index (κ1) is 11.5. The van der Waals surface area contributed by atoms with Gasteiger partial charge >= 0.3 is 0 Å². The Hall–Kier alpha value is -2.03. The summed E-state index contributed by atoms with van der Waals surface area (Å²) in [5.41, 5.74) is 4.09. The Kier molecular flexibility index (Phi) is 3.00. The van der Waals surface area contributed by atoms with Crippen molar-refractivity contribution in [3.63, 3.8) is 0 Å². The summed E-state index contributed by atoms with van der Waals surface area (Å²) in [6, 6.07) is 5.70. The largest absolute Gasteiger partial charge is 0.358 e. The molecule has 0 saturated carbocycles. The number of rotatable bonds is 3. The van der Waals surface area contributed by atoms with Crippen molar-refractivity contribution in [3.8, 4) is 0 Å². The molecule has 1 amide bonds. The van der Waals surface area contributed by atoms with Crippen LogP contribution < -0.4 is 5.32 Å². The van der Waals surface area contributed by atoms with Crippen molar-refractivity contribution in [1.82, 2.24) is 10.3 Å². The Balaban J connectivity index is 2.40. The molecule has 1 aromatic heterocycles. The number of benzene rings is 1. The van der Waals surface area contributed by atoms with Gasteiger partial charge in [0.1, 0.15) is 0 Å². The minimum atomic E-state index is -0.0648. The number of carbonyl (C=O) groups is 1. The van der Waals surface area contributed by atoms with Crippen molar-refractivity contribution in [2.75, 3.05) is 6.54 Å². The van der Waals surface area contributed by atoms with Gasteiger partial charge in [0.05, 0.1) is 0 Å². The first-order valence-corrected chi connectivity index (χ1v) is 5.61. The van der Waals surface area contributed by atoms with Crippen LogP contribution in [0, 0.1) is 13.8 Å². The molecule has 3 nitrogen and oxygen atoms in total. The zero-order valence-electron chi connectivity index (χ0n) is 10.1. The summed E-state index contributed by atoms with van der Waals surface area (Å²) < 4.78 is 0. The lowest BCUT2D eigenvalue weighted by atomic mass is 10.1. The summed E-state index contributed by atoms with van der Waals surface area (Å²) in [4.78, 5) is 15.1. The van der Waals surface area contributed by atoms with Crippen LogP contribution >= 0.6 is 0 Å². The van der Waals surface area contributed by atoms with Gasteiger partial charge in [-0.2, -0.15) is 0 Å². The quantitative estimate of drug-likeness (QED) is 0.779. The molecule has 2 N–H and O–H groups in total. The first-order chi connectivity index (χ1) is 8.13. The molecule has 0 bridgehead atoms. The Morgan fingerprint density at radius 1 is 1.47 bits per heavy atom. The molecule has 3 heteroatoms. The number of amides is 1. The number of aromatic amines is 1. The van der Waals surface area contributed by atoms with Gasteiger partial charge in [-0.15, -0.1) is 6.58 Å². The number of hydrogen-bond donors (Lipinski definition) is 2. The van der Waals surface area contributed by atoms with Gasteiger partial charge in [-0.1, -0.05) is 6.08 Å². The van der Waals surface area contributed by atoms with E-state index in [0.29, 0.717) is 12.1 Å². The van der Waals surface area contributed by atoms with E-state index in [-0.39, 0.29) is 5.91 Å². The Morgan fingerprint density at radius 2 is 2.24 bits per heavy atom. The summed E-state index contributed by atoms with van der Waals surface area (Å²) in [7, 11) is 0. The number of fused-ring (bicyclic) bond motifs is 1. The molecule has 88 valence electrons. The summed E-state index contributed by atoms with van der Waals surface area (Å²) in [6.07, 6.45) is 1.67. The van der Waals surface area contributed by atoms with E-state index >= 15 is 0 Å². The van der Waals surface area contributed by atoms with Crippen LogP contribution in [0.4, 0.5) is 0 Å². The second kappa shape index (κ2) is 4.45. The normalized spacial score (nSPS) is 10.5. The fraction of sp³-hybridized carbons (Fsp3) is 0.214. The highest BCUT2D eigenvalue weighted by molar-refractivity contribution is 5.99. The highest BCUT2D eigenvalue weighted by Crippen LogP contribution is 2.22. The standard InChI is InChI=1S/C14H16N2O/c1-4-7-15-14(17)11-5-6-13-12(8-11)9(2)10(3)16-13/h4-6,8,16H,1,7H2,2-3H3,(H,15,17). The highest BCUT2D eigenvalue weighted by atomic mass is 16.1. The molecule has 17 heavy (non-hydrogen) atoms. The van der Waals surface area contributed by atoms with Gasteiger partial charge in [0, 0.05) is 28.7 Å². The van der Waals surface area contributed by atoms with Gasteiger partial charge in [0.25, 0.3) is 5.91 Å². The van der Waals surface area contributed by atoms with Crippen molar-refractivity contribution in [1.29, 1.82) is 0 Å². The maximum Gasteiger partial charge on any atom is 0.251 e. The van der Waals surface area contributed by atoms with Gasteiger partial charge < -0.3 is 10.3 Å². The monoisotopic (exact) mass is 228 g/mol. The molecule has 0 aliphatic carbocycles. The van der Waals surface area contributed by atoms with Crippen molar-refractivity contribution in [2.45, 2.75) is 13.8 Å². The molecule has 2 rings (SSSR count). The molecule has 0 saturated heterocycles. The molecule has 0 unspecified atom stereocenters. The average molecular weight is 228 g/mol. The molecule has 0 aliphatic rings. The van der Waals surface area contributed by atoms with Crippen molar-refractivity contribution in [2.24, 2.45) is 0 Å². The maximum atomic E-state index is 11.8. The molecule has 1 aromatic carbocycles. The van der Waals surface area contributed by atoms with E-state index in [0.717, 1.165) is 16.6 Å². The Morgan fingerprint density at radius 3 is 2.94 bits per heavy atom. The van der Waals surface area contributed by atoms with E-state index in [1.165, 1.54) is 5.56 Å². The third-order valence-electron chi connectivity index (χ3n) is 2.98. The summed E-state index contributed by atoms with van der Waals surface area (Å²) in [6.45, 7) is 8.15. The molecule has 0 aliphatic heterocycles. The van der Waals surface area contributed by atoms with E-state index < -0.39 is 0 Å².